The largest absolute Gasteiger partial charge is 0.338 e. The van der Waals surface area contributed by atoms with Gasteiger partial charge < -0.3 is 4.90 Å². The number of benzene rings is 1. The summed E-state index contributed by atoms with van der Waals surface area (Å²) in [6.45, 7) is 6.60. The van der Waals surface area contributed by atoms with Gasteiger partial charge in [-0.05, 0) is 62.6 Å². The van der Waals surface area contributed by atoms with E-state index in [4.69, 9.17) is 0 Å². The summed E-state index contributed by atoms with van der Waals surface area (Å²) >= 11 is 0. The monoisotopic (exact) mass is 378 g/mol. The molecular weight excluding hydrogens is 348 g/mol. The smallest absolute Gasteiger partial charge is 0.254 e. The van der Waals surface area contributed by atoms with Crippen LogP contribution in [0.15, 0.2) is 23.1 Å². The highest BCUT2D eigenvalue weighted by Gasteiger charge is 2.30. The summed E-state index contributed by atoms with van der Waals surface area (Å²) in [6, 6.07) is 5.00. The van der Waals surface area contributed by atoms with Gasteiger partial charge in [0, 0.05) is 31.7 Å². The molecule has 3 rings (SSSR count). The van der Waals surface area contributed by atoms with E-state index in [2.05, 4.69) is 6.92 Å². The lowest BCUT2D eigenvalue weighted by Crippen LogP contribution is -2.36. The van der Waals surface area contributed by atoms with Crippen LogP contribution in [-0.4, -0.2) is 49.7 Å². The fourth-order valence-electron chi connectivity index (χ4n) is 3.57. The minimum Gasteiger partial charge on any atom is -0.338 e. The third-order valence-electron chi connectivity index (χ3n) is 5.35. The Morgan fingerprint density at radius 2 is 1.88 bits per heavy atom. The Morgan fingerprint density at radius 1 is 1.19 bits per heavy atom. The van der Waals surface area contributed by atoms with E-state index in [1.165, 1.54) is 12.8 Å². The molecule has 1 aromatic rings. The molecule has 0 unspecified atom stereocenters. The number of hydrogen-bond donors (Lipinski definition) is 0. The van der Waals surface area contributed by atoms with Gasteiger partial charge in [0.2, 0.25) is 10.0 Å². The Bertz CT molecular complexity index is 750. The Labute approximate surface area is 157 Å². The molecule has 1 saturated heterocycles. The van der Waals surface area contributed by atoms with Gasteiger partial charge in [-0.25, -0.2) is 8.42 Å². The maximum absolute atomic E-state index is 13.1. The number of carbonyl (C=O) groups excluding carboxylic acids is 1. The fourth-order valence-corrected chi connectivity index (χ4v) is 5.12. The highest BCUT2D eigenvalue weighted by Crippen LogP contribution is 2.31. The van der Waals surface area contributed by atoms with Crippen molar-refractivity contribution in [3.8, 4) is 0 Å². The third-order valence-corrected chi connectivity index (χ3v) is 7.24. The highest BCUT2D eigenvalue weighted by molar-refractivity contribution is 7.89. The van der Waals surface area contributed by atoms with E-state index >= 15 is 0 Å². The first-order chi connectivity index (χ1) is 12.4. The van der Waals surface area contributed by atoms with Gasteiger partial charge in [-0.1, -0.05) is 19.4 Å². The molecule has 2 fully saturated rings. The van der Waals surface area contributed by atoms with Crippen LogP contribution in [-0.2, 0) is 10.0 Å². The molecule has 0 aromatic heterocycles. The molecular formula is C20H30N2O3S. The van der Waals surface area contributed by atoms with Crippen molar-refractivity contribution in [2.45, 2.75) is 57.3 Å². The van der Waals surface area contributed by atoms with Crippen LogP contribution in [0.4, 0.5) is 0 Å². The molecule has 26 heavy (non-hydrogen) atoms. The average Bonchev–Trinajstić information content (AvgIpc) is 3.46. The second kappa shape index (κ2) is 8.09. The molecule has 1 amide bonds. The molecule has 2 aliphatic rings. The molecule has 1 aliphatic heterocycles. The number of rotatable bonds is 7. The molecule has 0 bridgehead atoms. The minimum absolute atomic E-state index is 0.0352. The van der Waals surface area contributed by atoms with Gasteiger partial charge in [0.05, 0.1) is 4.90 Å². The topological polar surface area (TPSA) is 57.7 Å². The lowest BCUT2D eigenvalue weighted by molar-refractivity contribution is 0.0746. The van der Waals surface area contributed by atoms with E-state index in [-0.39, 0.29) is 10.8 Å². The molecule has 0 atom stereocenters. The van der Waals surface area contributed by atoms with Gasteiger partial charge in [-0.2, -0.15) is 4.31 Å². The summed E-state index contributed by atoms with van der Waals surface area (Å²) in [7, 11) is -3.52. The second-order valence-corrected chi connectivity index (χ2v) is 9.57. The SMILES string of the molecule is CCCN(CC1CC1)C(=O)c1cc(S(=O)(=O)N2CCCCC2)ccc1C. The van der Waals surface area contributed by atoms with Crippen molar-refractivity contribution in [3.63, 3.8) is 0 Å². The van der Waals surface area contributed by atoms with Crippen molar-refractivity contribution in [1.29, 1.82) is 0 Å². The summed E-state index contributed by atoms with van der Waals surface area (Å²) in [5, 5.41) is 0. The van der Waals surface area contributed by atoms with Crippen LogP contribution < -0.4 is 0 Å². The number of sulfonamides is 1. The van der Waals surface area contributed by atoms with Crippen LogP contribution >= 0.6 is 0 Å². The summed E-state index contributed by atoms with van der Waals surface area (Å²) in [5.74, 6) is 0.581. The normalized spacial score (nSPS) is 18.7. The maximum atomic E-state index is 13.1. The van der Waals surface area contributed by atoms with Crippen LogP contribution in [0.2, 0.25) is 0 Å². The van der Waals surface area contributed by atoms with Crippen LogP contribution in [0.5, 0.6) is 0 Å². The fraction of sp³-hybridized carbons (Fsp3) is 0.650. The first kappa shape index (κ1) is 19.4. The van der Waals surface area contributed by atoms with E-state index in [9.17, 15) is 13.2 Å². The van der Waals surface area contributed by atoms with Crippen molar-refractivity contribution in [2.75, 3.05) is 26.2 Å². The van der Waals surface area contributed by atoms with Crippen LogP contribution in [0.1, 0.15) is 61.4 Å². The highest BCUT2D eigenvalue weighted by atomic mass is 32.2. The molecule has 0 radical (unpaired) electrons. The zero-order chi connectivity index (χ0) is 18.7. The zero-order valence-electron chi connectivity index (χ0n) is 15.9. The Balaban J connectivity index is 1.87. The first-order valence-corrected chi connectivity index (χ1v) is 11.3. The average molecular weight is 379 g/mol. The standard InChI is InChI=1S/C20H30N2O3S/c1-3-11-21(15-17-8-9-17)20(23)19-14-18(10-7-16(19)2)26(24,25)22-12-5-4-6-13-22/h7,10,14,17H,3-6,8-9,11-13,15H2,1-2H3. The first-order valence-electron chi connectivity index (χ1n) is 9.83. The van der Waals surface area contributed by atoms with E-state index in [1.54, 1.807) is 22.5 Å². The number of amides is 1. The zero-order valence-corrected chi connectivity index (χ0v) is 16.7. The van der Waals surface area contributed by atoms with E-state index in [0.29, 0.717) is 24.6 Å². The summed E-state index contributed by atoms with van der Waals surface area (Å²) < 4.78 is 27.5. The van der Waals surface area contributed by atoms with Gasteiger partial charge in [-0.15, -0.1) is 0 Å². The molecule has 1 heterocycles. The summed E-state index contributed by atoms with van der Waals surface area (Å²) in [6.07, 6.45) is 6.18. The summed E-state index contributed by atoms with van der Waals surface area (Å²) in [4.78, 5) is 15.2. The number of aryl methyl sites for hydroxylation is 1. The lowest BCUT2D eigenvalue weighted by atomic mass is 10.1. The van der Waals surface area contributed by atoms with E-state index in [1.807, 2.05) is 11.8 Å². The van der Waals surface area contributed by atoms with Crippen molar-refractivity contribution in [3.05, 3.63) is 29.3 Å². The van der Waals surface area contributed by atoms with Crippen LogP contribution in [0, 0.1) is 12.8 Å². The Morgan fingerprint density at radius 3 is 2.50 bits per heavy atom. The number of piperidine rings is 1. The molecule has 144 valence electrons. The third kappa shape index (κ3) is 4.29. The van der Waals surface area contributed by atoms with Crippen LogP contribution in [0.3, 0.4) is 0 Å². The Kier molecular flexibility index (Phi) is 6.03. The van der Waals surface area contributed by atoms with Gasteiger partial charge in [0.25, 0.3) is 5.91 Å². The van der Waals surface area contributed by atoms with Crippen molar-refractivity contribution >= 4 is 15.9 Å². The predicted molar refractivity (Wildman–Crippen MR) is 103 cm³/mol. The molecule has 5 nitrogen and oxygen atoms in total. The molecule has 1 aliphatic carbocycles. The predicted octanol–water partition coefficient (Wildman–Crippen LogP) is 3.43. The minimum atomic E-state index is -3.52. The van der Waals surface area contributed by atoms with Gasteiger partial charge in [-0.3, -0.25) is 4.79 Å². The molecule has 6 heteroatoms. The van der Waals surface area contributed by atoms with Crippen molar-refractivity contribution < 1.29 is 13.2 Å². The Hall–Kier alpha value is -1.40. The van der Waals surface area contributed by atoms with Gasteiger partial charge in [0.15, 0.2) is 0 Å². The van der Waals surface area contributed by atoms with E-state index in [0.717, 1.165) is 44.3 Å². The molecule has 1 aromatic carbocycles. The van der Waals surface area contributed by atoms with Crippen molar-refractivity contribution in [2.24, 2.45) is 5.92 Å². The number of carbonyl (C=O) groups is 1. The lowest BCUT2D eigenvalue weighted by Gasteiger charge is -2.27. The quantitative estimate of drug-likeness (QED) is 0.730. The number of nitrogens with zero attached hydrogens (tertiary/aromatic N) is 2. The maximum Gasteiger partial charge on any atom is 0.254 e. The van der Waals surface area contributed by atoms with E-state index < -0.39 is 10.0 Å². The van der Waals surface area contributed by atoms with Crippen LogP contribution in [0.25, 0.3) is 0 Å². The van der Waals surface area contributed by atoms with Gasteiger partial charge in [0.1, 0.15) is 0 Å². The van der Waals surface area contributed by atoms with Gasteiger partial charge >= 0.3 is 0 Å². The molecule has 1 saturated carbocycles. The number of hydrogen-bond acceptors (Lipinski definition) is 3. The summed E-state index contributed by atoms with van der Waals surface area (Å²) in [5.41, 5.74) is 1.36. The second-order valence-electron chi connectivity index (χ2n) is 7.64. The molecule has 0 N–H and O–H groups in total. The molecule has 0 spiro atoms. The van der Waals surface area contributed by atoms with Crippen molar-refractivity contribution in [1.82, 2.24) is 9.21 Å².